The van der Waals surface area contributed by atoms with Crippen molar-refractivity contribution in [1.82, 2.24) is 25.1 Å². The van der Waals surface area contributed by atoms with Gasteiger partial charge in [-0.15, -0.1) is 0 Å². The summed E-state index contributed by atoms with van der Waals surface area (Å²) in [6.07, 6.45) is 12.2. The van der Waals surface area contributed by atoms with Crippen LogP contribution in [-0.2, 0) is 20.1 Å². The van der Waals surface area contributed by atoms with Crippen molar-refractivity contribution in [3.05, 3.63) is 66.0 Å². The summed E-state index contributed by atoms with van der Waals surface area (Å²) in [5.41, 5.74) is 3.64. The molecule has 0 bridgehead atoms. The zero-order valence-corrected chi connectivity index (χ0v) is 15.7. The molecule has 3 N–H and O–H groups in total. The Kier molecular flexibility index (Phi) is 5.96. The Balaban J connectivity index is 1.77. The smallest absolute Gasteiger partial charge is 0.122 e. The summed E-state index contributed by atoms with van der Waals surface area (Å²) in [6, 6.07) is 6.60. The van der Waals surface area contributed by atoms with Crippen molar-refractivity contribution in [2.75, 3.05) is 18.9 Å². The minimum Gasteiger partial charge on any atom is -0.388 e. The highest BCUT2D eigenvalue weighted by Crippen LogP contribution is 2.20. The third-order valence-electron chi connectivity index (χ3n) is 4.54. The molecule has 3 rings (SSSR count). The number of aromatic nitrogens is 2. The molecule has 1 aliphatic heterocycles. The molecule has 6 nitrogen and oxygen atoms in total. The summed E-state index contributed by atoms with van der Waals surface area (Å²) in [5.74, 6) is 1.07. The lowest BCUT2D eigenvalue weighted by Crippen LogP contribution is -2.43. The number of anilines is 1. The van der Waals surface area contributed by atoms with E-state index in [1.54, 1.807) is 0 Å². The second-order valence-electron chi connectivity index (χ2n) is 6.51. The number of hydrogen-bond acceptors (Lipinski definition) is 5. The van der Waals surface area contributed by atoms with Gasteiger partial charge in [-0.1, -0.05) is 18.2 Å². The monoisotopic (exact) mass is 352 g/mol. The zero-order chi connectivity index (χ0) is 18.4. The Bertz CT molecular complexity index is 768. The van der Waals surface area contributed by atoms with E-state index < -0.39 is 0 Å². The molecule has 0 fully saturated rings. The van der Waals surface area contributed by atoms with Gasteiger partial charge in [0.15, 0.2) is 0 Å². The van der Waals surface area contributed by atoms with Crippen molar-refractivity contribution in [2.24, 2.45) is 7.05 Å². The van der Waals surface area contributed by atoms with Crippen LogP contribution in [0.25, 0.3) is 6.08 Å². The van der Waals surface area contributed by atoms with E-state index in [1.165, 1.54) is 11.1 Å². The van der Waals surface area contributed by atoms with Crippen LogP contribution >= 0.6 is 0 Å². The Hall–Kier alpha value is -2.73. The second kappa shape index (κ2) is 8.58. The van der Waals surface area contributed by atoms with E-state index in [2.05, 4.69) is 60.8 Å². The fraction of sp³-hybridized carbons (Fsp3) is 0.350. The Morgan fingerprint density at radius 1 is 1.27 bits per heavy atom. The van der Waals surface area contributed by atoms with E-state index >= 15 is 0 Å². The molecule has 1 aromatic heterocycles. The van der Waals surface area contributed by atoms with Crippen molar-refractivity contribution in [3.8, 4) is 0 Å². The largest absolute Gasteiger partial charge is 0.388 e. The van der Waals surface area contributed by atoms with Gasteiger partial charge in [0.25, 0.3) is 0 Å². The number of aryl methyl sites for hydroxylation is 1. The zero-order valence-electron chi connectivity index (χ0n) is 15.7. The lowest BCUT2D eigenvalue weighted by atomic mass is 10.1. The van der Waals surface area contributed by atoms with Crippen LogP contribution in [0.1, 0.15) is 23.9 Å². The van der Waals surface area contributed by atoms with Crippen LogP contribution in [0.2, 0.25) is 0 Å². The first-order chi connectivity index (χ1) is 12.7. The summed E-state index contributed by atoms with van der Waals surface area (Å²) >= 11 is 0. The second-order valence-corrected chi connectivity index (χ2v) is 6.51. The van der Waals surface area contributed by atoms with Crippen LogP contribution in [0.15, 0.2) is 49.1 Å². The van der Waals surface area contributed by atoms with Gasteiger partial charge in [0, 0.05) is 57.7 Å². The number of allylic oxidation sites excluding steroid dienone is 1. The Morgan fingerprint density at radius 2 is 2.08 bits per heavy atom. The molecule has 0 saturated carbocycles. The van der Waals surface area contributed by atoms with Crippen LogP contribution in [0.5, 0.6) is 0 Å². The molecule has 0 saturated heterocycles. The standard InChI is InChI=1S/C20H28N6/c1-4-5-17-12-16(6-7-18(17)21-2)13-26(14-19-22-8-9-23-19)15-20-24-10-11-25(20)3/h4-12,19,21-23H,13-15H2,1-3H3/b5-4+. The maximum Gasteiger partial charge on any atom is 0.122 e. The summed E-state index contributed by atoms with van der Waals surface area (Å²) in [6.45, 7) is 4.59. The number of nitrogens with zero attached hydrogens (tertiary/aromatic N) is 3. The molecule has 0 unspecified atom stereocenters. The molecule has 1 aromatic carbocycles. The van der Waals surface area contributed by atoms with Crippen LogP contribution in [-0.4, -0.2) is 34.2 Å². The van der Waals surface area contributed by atoms with Gasteiger partial charge in [0.05, 0.1) is 6.54 Å². The van der Waals surface area contributed by atoms with E-state index in [-0.39, 0.29) is 6.17 Å². The van der Waals surface area contributed by atoms with Gasteiger partial charge in [-0.3, -0.25) is 4.90 Å². The fourth-order valence-corrected chi connectivity index (χ4v) is 3.19. The minimum atomic E-state index is 0.224. The van der Waals surface area contributed by atoms with Crippen molar-refractivity contribution < 1.29 is 0 Å². The van der Waals surface area contributed by atoms with Crippen molar-refractivity contribution >= 4 is 11.8 Å². The predicted octanol–water partition coefficient (Wildman–Crippen LogP) is 2.49. The van der Waals surface area contributed by atoms with Crippen molar-refractivity contribution in [2.45, 2.75) is 26.2 Å². The molecule has 0 atom stereocenters. The Labute approximate surface area is 155 Å². The molecule has 26 heavy (non-hydrogen) atoms. The van der Waals surface area contributed by atoms with Crippen molar-refractivity contribution in [1.29, 1.82) is 0 Å². The molecule has 0 spiro atoms. The average molecular weight is 352 g/mol. The lowest BCUT2D eigenvalue weighted by molar-refractivity contribution is 0.220. The van der Waals surface area contributed by atoms with Gasteiger partial charge < -0.3 is 20.5 Å². The fourth-order valence-electron chi connectivity index (χ4n) is 3.19. The molecule has 0 radical (unpaired) electrons. The van der Waals surface area contributed by atoms with Crippen molar-refractivity contribution in [3.63, 3.8) is 0 Å². The molecule has 2 aromatic rings. The van der Waals surface area contributed by atoms with E-state index in [0.717, 1.165) is 31.1 Å². The third-order valence-corrected chi connectivity index (χ3v) is 4.54. The number of benzene rings is 1. The highest BCUT2D eigenvalue weighted by molar-refractivity contribution is 5.67. The molecule has 6 heteroatoms. The van der Waals surface area contributed by atoms with E-state index in [0.29, 0.717) is 0 Å². The van der Waals surface area contributed by atoms with E-state index in [1.807, 2.05) is 45.8 Å². The van der Waals surface area contributed by atoms with Gasteiger partial charge in [-0.05, 0) is 30.2 Å². The maximum absolute atomic E-state index is 4.49. The van der Waals surface area contributed by atoms with Gasteiger partial charge >= 0.3 is 0 Å². The number of nitrogens with one attached hydrogen (secondary N) is 3. The number of imidazole rings is 1. The molecule has 1 aliphatic rings. The van der Waals surface area contributed by atoms with Crippen LogP contribution in [0, 0.1) is 0 Å². The Morgan fingerprint density at radius 3 is 2.73 bits per heavy atom. The highest BCUT2D eigenvalue weighted by atomic mass is 15.2. The molecular formula is C20H28N6. The molecule has 138 valence electrons. The topological polar surface area (TPSA) is 57.2 Å². The highest BCUT2D eigenvalue weighted by Gasteiger charge is 2.17. The van der Waals surface area contributed by atoms with Gasteiger partial charge in [-0.25, -0.2) is 4.98 Å². The van der Waals surface area contributed by atoms with Crippen LogP contribution in [0.3, 0.4) is 0 Å². The van der Waals surface area contributed by atoms with Crippen LogP contribution in [0.4, 0.5) is 5.69 Å². The van der Waals surface area contributed by atoms with E-state index in [4.69, 9.17) is 0 Å². The minimum absolute atomic E-state index is 0.224. The average Bonchev–Trinajstić information content (AvgIpc) is 3.28. The SMILES string of the molecule is C/C=C/c1cc(CN(Cc2nccn2C)CC2NC=CN2)ccc1NC. The van der Waals surface area contributed by atoms with Crippen LogP contribution < -0.4 is 16.0 Å². The molecule has 0 amide bonds. The number of rotatable bonds is 8. The molecular weight excluding hydrogens is 324 g/mol. The summed E-state index contributed by atoms with van der Waals surface area (Å²) in [7, 11) is 4.00. The molecule has 2 heterocycles. The number of hydrogen-bond donors (Lipinski definition) is 3. The summed E-state index contributed by atoms with van der Waals surface area (Å²) in [4.78, 5) is 6.90. The first-order valence-electron chi connectivity index (χ1n) is 8.98. The lowest BCUT2D eigenvalue weighted by Gasteiger charge is -2.26. The predicted molar refractivity (Wildman–Crippen MR) is 107 cm³/mol. The normalized spacial score (nSPS) is 14.2. The summed E-state index contributed by atoms with van der Waals surface area (Å²) in [5, 5.41) is 9.93. The van der Waals surface area contributed by atoms with E-state index in [9.17, 15) is 0 Å². The van der Waals surface area contributed by atoms with Gasteiger partial charge in [-0.2, -0.15) is 0 Å². The van der Waals surface area contributed by atoms with Gasteiger partial charge in [0.2, 0.25) is 0 Å². The summed E-state index contributed by atoms with van der Waals surface area (Å²) < 4.78 is 2.08. The first kappa shape index (κ1) is 18.1. The first-order valence-corrected chi connectivity index (χ1v) is 8.98. The maximum atomic E-state index is 4.49. The van der Waals surface area contributed by atoms with Gasteiger partial charge in [0.1, 0.15) is 12.0 Å². The quantitative estimate of drug-likeness (QED) is 0.681. The third kappa shape index (κ3) is 4.46. The molecule has 0 aliphatic carbocycles.